The minimum Gasteiger partial charge on any atom is -0.326 e. The van der Waals surface area contributed by atoms with Crippen LogP contribution in [-0.4, -0.2) is 11.7 Å². The van der Waals surface area contributed by atoms with E-state index in [9.17, 15) is 14.0 Å². The summed E-state index contributed by atoms with van der Waals surface area (Å²) in [5.41, 5.74) is 3.49. The minimum atomic E-state index is -0.366. The van der Waals surface area contributed by atoms with Gasteiger partial charge in [0.25, 0.3) is 0 Å². The van der Waals surface area contributed by atoms with Crippen molar-refractivity contribution < 1.29 is 14.0 Å². The van der Waals surface area contributed by atoms with Crippen molar-refractivity contribution in [3.63, 3.8) is 0 Å². The van der Waals surface area contributed by atoms with E-state index in [4.69, 9.17) is 0 Å². The van der Waals surface area contributed by atoms with Gasteiger partial charge in [-0.05, 0) is 50.1 Å². The topological polar surface area (TPSA) is 46.2 Å². The highest BCUT2D eigenvalue weighted by Crippen LogP contribution is 2.16. The molecule has 0 unspecified atom stereocenters. The van der Waals surface area contributed by atoms with Gasteiger partial charge in [-0.25, -0.2) is 4.39 Å². The Morgan fingerprint density at radius 1 is 0.957 bits per heavy atom. The lowest BCUT2D eigenvalue weighted by atomic mass is 9.99. The largest absolute Gasteiger partial charge is 0.326 e. The fourth-order valence-electron chi connectivity index (χ4n) is 2.29. The number of nitrogens with one attached hydrogen (secondary N) is 1. The molecule has 0 aliphatic rings. The van der Waals surface area contributed by atoms with Gasteiger partial charge in [-0.1, -0.05) is 23.8 Å². The van der Waals surface area contributed by atoms with Crippen LogP contribution in [-0.2, 0) is 4.79 Å². The summed E-state index contributed by atoms with van der Waals surface area (Å²) in [5.74, 6) is -0.724. The molecule has 0 saturated carbocycles. The quantitative estimate of drug-likeness (QED) is 0.834. The zero-order valence-electron chi connectivity index (χ0n) is 13.6. The maximum Gasteiger partial charge on any atom is 0.224 e. The molecule has 3 nitrogen and oxygen atoms in total. The zero-order chi connectivity index (χ0) is 17.0. The molecule has 120 valence electrons. The average Bonchev–Trinajstić information content (AvgIpc) is 2.51. The molecular formula is C19H20FNO2. The Balaban J connectivity index is 1.94. The molecule has 0 aliphatic heterocycles. The summed E-state index contributed by atoms with van der Waals surface area (Å²) in [4.78, 5) is 24.1. The number of aryl methyl sites for hydroxylation is 3. The van der Waals surface area contributed by atoms with Gasteiger partial charge in [0.15, 0.2) is 5.78 Å². The van der Waals surface area contributed by atoms with Crippen molar-refractivity contribution in [2.75, 3.05) is 5.32 Å². The fourth-order valence-corrected chi connectivity index (χ4v) is 2.29. The second-order valence-electron chi connectivity index (χ2n) is 5.75. The van der Waals surface area contributed by atoms with Crippen molar-refractivity contribution in [2.45, 2.75) is 33.6 Å². The van der Waals surface area contributed by atoms with Crippen molar-refractivity contribution in [3.8, 4) is 0 Å². The third-order valence-corrected chi connectivity index (χ3v) is 3.73. The second-order valence-corrected chi connectivity index (χ2v) is 5.75. The van der Waals surface area contributed by atoms with Gasteiger partial charge in [-0.3, -0.25) is 9.59 Å². The van der Waals surface area contributed by atoms with Gasteiger partial charge < -0.3 is 5.32 Å². The van der Waals surface area contributed by atoms with E-state index in [-0.39, 0.29) is 30.3 Å². The summed E-state index contributed by atoms with van der Waals surface area (Å²) < 4.78 is 13.4. The fraction of sp³-hybridized carbons (Fsp3) is 0.263. The van der Waals surface area contributed by atoms with Crippen LogP contribution in [0.25, 0.3) is 0 Å². The SMILES string of the molecule is Cc1ccc(C)c(C(=O)CCC(=O)Nc2ccc(C)c(F)c2)c1. The summed E-state index contributed by atoms with van der Waals surface area (Å²) in [6.45, 7) is 5.46. The van der Waals surface area contributed by atoms with Crippen molar-refractivity contribution in [2.24, 2.45) is 0 Å². The molecule has 4 heteroatoms. The Kier molecular flexibility index (Phi) is 5.27. The summed E-state index contributed by atoms with van der Waals surface area (Å²) in [7, 11) is 0. The highest BCUT2D eigenvalue weighted by molar-refractivity contribution is 6.01. The van der Waals surface area contributed by atoms with Crippen molar-refractivity contribution in [3.05, 3.63) is 64.5 Å². The molecule has 0 heterocycles. The number of rotatable bonds is 5. The second kappa shape index (κ2) is 7.18. The molecule has 23 heavy (non-hydrogen) atoms. The highest BCUT2D eigenvalue weighted by Gasteiger charge is 2.12. The monoisotopic (exact) mass is 313 g/mol. The van der Waals surface area contributed by atoms with Gasteiger partial charge in [-0.15, -0.1) is 0 Å². The van der Waals surface area contributed by atoms with Gasteiger partial charge in [-0.2, -0.15) is 0 Å². The lowest BCUT2D eigenvalue weighted by Gasteiger charge is -2.08. The van der Waals surface area contributed by atoms with E-state index in [0.29, 0.717) is 16.8 Å². The van der Waals surface area contributed by atoms with Crippen LogP contribution >= 0.6 is 0 Å². The molecule has 0 fully saturated rings. The molecule has 0 bridgehead atoms. The Hall–Kier alpha value is -2.49. The number of carbonyl (C=O) groups is 2. The summed E-state index contributed by atoms with van der Waals surface area (Å²) in [5, 5.41) is 2.61. The molecule has 0 saturated heterocycles. The number of ketones is 1. The average molecular weight is 313 g/mol. The van der Waals surface area contributed by atoms with Gasteiger partial charge in [0.2, 0.25) is 5.91 Å². The zero-order valence-corrected chi connectivity index (χ0v) is 13.6. The molecule has 0 aromatic heterocycles. The number of hydrogen-bond acceptors (Lipinski definition) is 2. The van der Waals surface area contributed by atoms with Crippen LogP contribution in [0.1, 0.15) is 39.9 Å². The lowest BCUT2D eigenvalue weighted by Crippen LogP contribution is -2.14. The van der Waals surface area contributed by atoms with Crippen LogP contribution < -0.4 is 5.32 Å². The van der Waals surface area contributed by atoms with Crippen molar-refractivity contribution >= 4 is 17.4 Å². The molecule has 2 rings (SSSR count). The Morgan fingerprint density at radius 2 is 1.65 bits per heavy atom. The van der Waals surface area contributed by atoms with Crippen LogP contribution in [0.2, 0.25) is 0 Å². The molecule has 1 N–H and O–H groups in total. The standard InChI is InChI=1S/C19H20FNO2/c1-12-4-5-13(2)16(10-12)18(22)8-9-19(23)21-15-7-6-14(3)17(20)11-15/h4-7,10-11H,8-9H2,1-3H3,(H,21,23). The van der Waals surface area contributed by atoms with Gasteiger partial charge in [0.1, 0.15) is 5.82 Å². The number of amides is 1. The third kappa shape index (κ3) is 4.49. The maximum atomic E-state index is 13.4. The summed E-state index contributed by atoms with van der Waals surface area (Å²) in [6, 6.07) is 10.2. The predicted octanol–water partition coefficient (Wildman–Crippen LogP) is 4.35. The van der Waals surface area contributed by atoms with Gasteiger partial charge >= 0.3 is 0 Å². The number of carbonyl (C=O) groups excluding carboxylic acids is 2. The molecule has 2 aromatic rings. The van der Waals surface area contributed by atoms with Gasteiger partial charge in [0.05, 0.1) is 0 Å². The third-order valence-electron chi connectivity index (χ3n) is 3.73. The predicted molar refractivity (Wildman–Crippen MR) is 89.2 cm³/mol. The smallest absolute Gasteiger partial charge is 0.224 e. The molecule has 2 aromatic carbocycles. The molecule has 0 radical (unpaired) electrons. The van der Waals surface area contributed by atoms with E-state index >= 15 is 0 Å². The Bertz CT molecular complexity index is 753. The molecule has 0 spiro atoms. The van der Waals surface area contributed by atoms with E-state index in [1.807, 2.05) is 32.0 Å². The number of benzene rings is 2. The van der Waals surface area contributed by atoms with Crippen LogP contribution in [0, 0.1) is 26.6 Å². The van der Waals surface area contributed by atoms with E-state index < -0.39 is 0 Å². The van der Waals surface area contributed by atoms with Crippen LogP contribution in [0.4, 0.5) is 10.1 Å². The van der Waals surface area contributed by atoms with Crippen LogP contribution in [0.5, 0.6) is 0 Å². The number of halogens is 1. The highest BCUT2D eigenvalue weighted by atomic mass is 19.1. The van der Waals surface area contributed by atoms with E-state index in [1.54, 1.807) is 19.1 Å². The van der Waals surface area contributed by atoms with E-state index in [0.717, 1.165) is 11.1 Å². The van der Waals surface area contributed by atoms with E-state index in [1.165, 1.54) is 6.07 Å². The molecule has 0 atom stereocenters. The maximum absolute atomic E-state index is 13.4. The first kappa shape index (κ1) is 16.9. The van der Waals surface area contributed by atoms with E-state index in [2.05, 4.69) is 5.32 Å². The molecule has 1 amide bonds. The number of Topliss-reactive ketones (excluding diaryl/α,β-unsaturated/α-hetero) is 1. The minimum absolute atomic E-state index is 0.0589. The first-order valence-corrected chi connectivity index (χ1v) is 7.53. The van der Waals surface area contributed by atoms with Gasteiger partial charge in [0, 0.05) is 24.1 Å². The normalized spacial score (nSPS) is 10.4. The first-order chi connectivity index (χ1) is 10.9. The number of anilines is 1. The Morgan fingerprint density at radius 3 is 2.35 bits per heavy atom. The Labute approximate surface area is 135 Å². The van der Waals surface area contributed by atoms with Crippen LogP contribution in [0.15, 0.2) is 36.4 Å². The van der Waals surface area contributed by atoms with Crippen molar-refractivity contribution in [1.29, 1.82) is 0 Å². The lowest BCUT2D eigenvalue weighted by molar-refractivity contribution is -0.116. The first-order valence-electron chi connectivity index (χ1n) is 7.53. The molecule has 0 aliphatic carbocycles. The molecular weight excluding hydrogens is 293 g/mol. The van der Waals surface area contributed by atoms with Crippen LogP contribution in [0.3, 0.4) is 0 Å². The summed E-state index contributed by atoms with van der Waals surface area (Å²) in [6.07, 6.45) is 0.201. The summed E-state index contributed by atoms with van der Waals surface area (Å²) >= 11 is 0. The number of hydrogen-bond donors (Lipinski definition) is 1. The van der Waals surface area contributed by atoms with Crippen molar-refractivity contribution in [1.82, 2.24) is 0 Å².